The van der Waals surface area contributed by atoms with Crippen molar-refractivity contribution in [2.75, 3.05) is 33.9 Å². The van der Waals surface area contributed by atoms with Gasteiger partial charge in [0.05, 0.1) is 26.3 Å². The van der Waals surface area contributed by atoms with Crippen molar-refractivity contribution < 1.29 is 14.2 Å². The van der Waals surface area contributed by atoms with Crippen LogP contribution < -0.4 is 14.2 Å². The topological polar surface area (TPSA) is 43.8 Å². The number of ether oxygens (including phenoxy) is 3. The number of pyridine rings is 1. The van der Waals surface area contributed by atoms with Gasteiger partial charge in [-0.15, -0.1) is 0 Å². The van der Waals surface area contributed by atoms with E-state index in [1.165, 1.54) is 17.5 Å². The van der Waals surface area contributed by atoms with E-state index in [0.29, 0.717) is 12.5 Å². The van der Waals surface area contributed by atoms with Crippen molar-refractivity contribution in [1.82, 2.24) is 9.88 Å². The first-order valence-corrected chi connectivity index (χ1v) is 10.7. The van der Waals surface area contributed by atoms with Gasteiger partial charge in [-0.05, 0) is 67.6 Å². The number of rotatable bonds is 9. The second-order valence-corrected chi connectivity index (χ2v) is 7.75. The Labute approximate surface area is 178 Å². The zero-order chi connectivity index (χ0) is 20.8. The van der Waals surface area contributed by atoms with E-state index in [1.807, 2.05) is 24.3 Å². The smallest absolute Gasteiger partial charge is 0.213 e. The number of unbranched alkanes of at least 4 members (excludes halogenated alkanes) is 2. The Morgan fingerprint density at radius 3 is 2.53 bits per heavy atom. The molecule has 0 bridgehead atoms. The molecule has 4 rings (SSSR count). The number of aromatic nitrogens is 1. The maximum Gasteiger partial charge on any atom is 0.213 e. The van der Waals surface area contributed by atoms with Gasteiger partial charge in [0.2, 0.25) is 5.88 Å². The Bertz CT molecular complexity index is 989. The summed E-state index contributed by atoms with van der Waals surface area (Å²) in [5.74, 6) is 2.36. The van der Waals surface area contributed by atoms with Gasteiger partial charge in [-0.2, -0.15) is 0 Å². The Balaban J connectivity index is 1.19. The zero-order valence-electron chi connectivity index (χ0n) is 17.9. The molecule has 0 atom stereocenters. The third-order valence-corrected chi connectivity index (χ3v) is 5.74. The number of methoxy groups -OCH3 is 2. The fraction of sp³-hybridized carbons (Fsp3) is 0.400. The third kappa shape index (κ3) is 4.85. The van der Waals surface area contributed by atoms with Gasteiger partial charge in [-0.25, -0.2) is 4.98 Å². The van der Waals surface area contributed by atoms with Crippen LogP contribution in [-0.4, -0.2) is 43.8 Å². The number of fused-ring (bicyclic) bond motifs is 2. The lowest BCUT2D eigenvalue weighted by Crippen LogP contribution is -2.31. The molecule has 0 fully saturated rings. The molecule has 0 N–H and O–H groups in total. The summed E-state index contributed by atoms with van der Waals surface area (Å²) in [6, 6.07) is 16.4. The summed E-state index contributed by atoms with van der Waals surface area (Å²) in [5, 5.41) is 1.14. The van der Waals surface area contributed by atoms with Gasteiger partial charge >= 0.3 is 0 Å². The van der Waals surface area contributed by atoms with Gasteiger partial charge in [-0.3, -0.25) is 4.90 Å². The molecule has 2 heterocycles. The number of para-hydroxylation sites is 1. The highest BCUT2D eigenvalue weighted by atomic mass is 16.5. The maximum absolute atomic E-state index is 5.85. The molecule has 1 aromatic heterocycles. The normalized spacial score (nSPS) is 13.8. The first-order chi connectivity index (χ1) is 14.8. The lowest BCUT2D eigenvalue weighted by Gasteiger charge is -2.29. The summed E-state index contributed by atoms with van der Waals surface area (Å²) in [6.45, 7) is 3.90. The highest BCUT2D eigenvalue weighted by molar-refractivity contribution is 5.78. The lowest BCUT2D eigenvalue weighted by atomic mass is 9.98. The number of benzene rings is 2. The Morgan fingerprint density at radius 2 is 1.70 bits per heavy atom. The molecular formula is C25H30N2O3. The van der Waals surface area contributed by atoms with Crippen LogP contribution in [0.3, 0.4) is 0 Å². The first kappa shape index (κ1) is 20.5. The fourth-order valence-electron chi connectivity index (χ4n) is 4.05. The van der Waals surface area contributed by atoms with Gasteiger partial charge in [0.15, 0.2) is 11.5 Å². The van der Waals surface area contributed by atoms with Crippen molar-refractivity contribution in [3.8, 4) is 17.4 Å². The van der Waals surface area contributed by atoms with Gasteiger partial charge in [0, 0.05) is 24.5 Å². The van der Waals surface area contributed by atoms with E-state index in [4.69, 9.17) is 14.2 Å². The minimum atomic E-state index is 0.713. The monoisotopic (exact) mass is 406 g/mol. The molecule has 0 aliphatic carbocycles. The maximum atomic E-state index is 5.85. The highest BCUT2D eigenvalue weighted by Crippen LogP contribution is 2.33. The van der Waals surface area contributed by atoms with Crippen LogP contribution in [0.15, 0.2) is 48.5 Å². The van der Waals surface area contributed by atoms with E-state index >= 15 is 0 Å². The van der Waals surface area contributed by atoms with Gasteiger partial charge < -0.3 is 14.2 Å². The number of hydrogen-bond donors (Lipinski definition) is 0. The van der Waals surface area contributed by atoms with Crippen molar-refractivity contribution in [3.63, 3.8) is 0 Å². The molecule has 0 saturated carbocycles. The van der Waals surface area contributed by atoms with Crippen molar-refractivity contribution in [2.24, 2.45) is 0 Å². The molecule has 5 nitrogen and oxygen atoms in total. The predicted octanol–water partition coefficient (Wildman–Crippen LogP) is 4.86. The highest BCUT2D eigenvalue weighted by Gasteiger charge is 2.19. The van der Waals surface area contributed by atoms with Crippen LogP contribution in [0.2, 0.25) is 0 Å². The fourth-order valence-corrected chi connectivity index (χ4v) is 4.05. The molecule has 5 heteroatoms. The van der Waals surface area contributed by atoms with E-state index in [2.05, 4.69) is 34.1 Å². The number of hydrogen-bond acceptors (Lipinski definition) is 5. The van der Waals surface area contributed by atoms with Crippen LogP contribution >= 0.6 is 0 Å². The van der Waals surface area contributed by atoms with E-state index in [9.17, 15) is 0 Å². The molecule has 158 valence electrons. The average molecular weight is 407 g/mol. The standard InChI is InChI=1S/C25H30N2O3/c1-28-23-16-20-12-14-27(18-21(20)17-24(23)29-2)13-6-3-7-15-30-25-11-10-19-8-4-5-9-22(19)26-25/h4-5,8-11,16-17H,3,6-7,12-15,18H2,1-2H3. The van der Waals surface area contributed by atoms with Gasteiger partial charge in [0.1, 0.15) is 0 Å². The van der Waals surface area contributed by atoms with Crippen LogP contribution in [-0.2, 0) is 13.0 Å². The van der Waals surface area contributed by atoms with E-state index in [1.54, 1.807) is 14.2 Å². The van der Waals surface area contributed by atoms with Crippen LogP contribution in [0, 0.1) is 0 Å². The molecule has 0 amide bonds. The van der Waals surface area contributed by atoms with Crippen molar-refractivity contribution >= 4 is 10.9 Å². The summed E-state index contributed by atoms with van der Waals surface area (Å²) < 4.78 is 16.7. The van der Waals surface area contributed by atoms with E-state index in [-0.39, 0.29) is 0 Å². The second-order valence-electron chi connectivity index (χ2n) is 7.75. The molecule has 0 saturated heterocycles. The summed E-state index contributed by atoms with van der Waals surface area (Å²) >= 11 is 0. The Morgan fingerprint density at radius 1 is 0.900 bits per heavy atom. The predicted molar refractivity (Wildman–Crippen MR) is 120 cm³/mol. The molecule has 1 aliphatic rings. The van der Waals surface area contributed by atoms with Crippen LogP contribution in [0.4, 0.5) is 0 Å². The molecule has 0 spiro atoms. The largest absolute Gasteiger partial charge is 0.493 e. The zero-order valence-corrected chi connectivity index (χ0v) is 17.9. The van der Waals surface area contributed by atoms with Gasteiger partial charge in [-0.1, -0.05) is 18.2 Å². The first-order valence-electron chi connectivity index (χ1n) is 10.7. The van der Waals surface area contributed by atoms with Crippen molar-refractivity contribution in [2.45, 2.75) is 32.2 Å². The second kappa shape index (κ2) is 9.81. The lowest BCUT2D eigenvalue weighted by molar-refractivity contribution is 0.240. The van der Waals surface area contributed by atoms with Crippen LogP contribution in [0.1, 0.15) is 30.4 Å². The summed E-state index contributed by atoms with van der Waals surface area (Å²) in [4.78, 5) is 7.09. The quantitative estimate of drug-likeness (QED) is 0.475. The molecule has 1 aliphatic heterocycles. The van der Waals surface area contributed by atoms with Crippen molar-refractivity contribution in [3.05, 3.63) is 59.7 Å². The molecule has 0 radical (unpaired) electrons. The van der Waals surface area contributed by atoms with Crippen LogP contribution in [0.5, 0.6) is 17.4 Å². The average Bonchev–Trinajstić information content (AvgIpc) is 2.80. The van der Waals surface area contributed by atoms with E-state index < -0.39 is 0 Å². The third-order valence-electron chi connectivity index (χ3n) is 5.74. The minimum absolute atomic E-state index is 0.713. The van der Waals surface area contributed by atoms with E-state index in [0.717, 1.165) is 61.3 Å². The molecule has 30 heavy (non-hydrogen) atoms. The minimum Gasteiger partial charge on any atom is -0.493 e. The summed E-state index contributed by atoms with van der Waals surface area (Å²) in [7, 11) is 3.39. The molecule has 3 aromatic rings. The van der Waals surface area contributed by atoms with Crippen LogP contribution in [0.25, 0.3) is 10.9 Å². The molecular weight excluding hydrogens is 376 g/mol. The molecule has 0 unspecified atom stereocenters. The summed E-state index contributed by atoms with van der Waals surface area (Å²) in [5.41, 5.74) is 3.71. The van der Waals surface area contributed by atoms with Gasteiger partial charge in [0.25, 0.3) is 0 Å². The van der Waals surface area contributed by atoms with Crippen molar-refractivity contribution in [1.29, 1.82) is 0 Å². The SMILES string of the molecule is COc1cc2c(cc1OC)CN(CCCCCOc1ccc3ccccc3n1)CC2. The Hall–Kier alpha value is -2.79. The Kier molecular flexibility index (Phi) is 6.70. The summed E-state index contributed by atoms with van der Waals surface area (Å²) in [6.07, 6.45) is 4.44. The molecule has 2 aromatic carbocycles. The number of nitrogens with zero attached hydrogens (tertiary/aromatic N) is 2.